The molecule has 2 fully saturated rings. The van der Waals surface area contributed by atoms with Gasteiger partial charge in [0.25, 0.3) is 5.69 Å². The maximum absolute atomic E-state index is 12.9. The van der Waals surface area contributed by atoms with Gasteiger partial charge in [0.15, 0.2) is 0 Å². The largest absolute Gasteiger partial charge is 0.379 e. The summed E-state index contributed by atoms with van der Waals surface area (Å²) in [5.74, 6) is 0.507. The summed E-state index contributed by atoms with van der Waals surface area (Å²) >= 11 is 0. The van der Waals surface area contributed by atoms with Crippen molar-refractivity contribution in [2.75, 3.05) is 44.6 Å². The topological polar surface area (TPSA) is 95.8 Å². The number of sulfonamides is 1. The minimum Gasteiger partial charge on any atom is -0.379 e. The van der Waals surface area contributed by atoms with E-state index in [0.717, 1.165) is 38.9 Å². The fourth-order valence-electron chi connectivity index (χ4n) is 4.06. The number of piperidine rings is 2. The van der Waals surface area contributed by atoms with Gasteiger partial charge in [0.1, 0.15) is 5.69 Å². The average Bonchev–Trinajstić information content (AvgIpc) is 2.72. The van der Waals surface area contributed by atoms with Crippen LogP contribution in [0.15, 0.2) is 23.1 Å². The molecule has 2 saturated heterocycles. The van der Waals surface area contributed by atoms with Crippen LogP contribution in [0.2, 0.25) is 0 Å². The van der Waals surface area contributed by atoms with Crippen LogP contribution in [-0.4, -0.2) is 61.8 Å². The molecule has 2 aliphatic heterocycles. The van der Waals surface area contributed by atoms with E-state index in [-0.39, 0.29) is 10.6 Å². The van der Waals surface area contributed by atoms with Crippen LogP contribution in [0.1, 0.15) is 45.4 Å². The van der Waals surface area contributed by atoms with Crippen LogP contribution >= 0.6 is 0 Å². The molecule has 9 heteroatoms. The van der Waals surface area contributed by atoms with Gasteiger partial charge in [-0.15, -0.1) is 0 Å². The van der Waals surface area contributed by atoms with E-state index in [9.17, 15) is 18.5 Å². The highest BCUT2D eigenvalue weighted by atomic mass is 32.2. The number of benzene rings is 1. The quantitative estimate of drug-likeness (QED) is 0.391. The van der Waals surface area contributed by atoms with Crippen molar-refractivity contribution in [2.24, 2.45) is 5.92 Å². The van der Waals surface area contributed by atoms with Gasteiger partial charge in [-0.25, -0.2) is 8.42 Å². The first-order valence-electron chi connectivity index (χ1n) is 10.6. The molecule has 162 valence electrons. The molecule has 0 amide bonds. The number of nitrogens with one attached hydrogen (secondary N) is 1. The third kappa shape index (κ3) is 5.67. The average molecular weight is 425 g/mol. The summed E-state index contributed by atoms with van der Waals surface area (Å²) < 4.78 is 27.2. The smallest absolute Gasteiger partial charge is 0.293 e. The highest BCUT2D eigenvalue weighted by Crippen LogP contribution is 2.30. The number of nitro groups is 1. The van der Waals surface area contributed by atoms with Gasteiger partial charge >= 0.3 is 0 Å². The van der Waals surface area contributed by atoms with E-state index in [1.807, 2.05) is 0 Å². The molecule has 0 atom stereocenters. The number of nitrogens with zero attached hydrogens (tertiary/aromatic N) is 3. The van der Waals surface area contributed by atoms with E-state index >= 15 is 0 Å². The zero-order valence-electron chi connectivity index (χ0n) is 17.2. The maximum Gasteiger partial charge on any atom is 0.293 e. The van der Waals surface area contributed by atoms with Crippen molar-refractivity contribution in [1.82, 2.24) is 9.21 Å². The Morgan fingerprint density at radius 2 is 1.83 bits per heavy atom. The SMILES string of the molecule is CC1CCN(S(=O)(=O)c2ccc(NCCCN3CCCCC3)c([N+](=O)[O-])c2)CC1. The molecule has 0 spiro atoms. The van der Waals surface area contributed by atoms with Gasteiger partial charge in [-0.3, -0.25) is 10.1 Å². The zero-order chi connectivity index (χ0) is 20.9. The van der Waals surface area contributed by atoms with Crippen molar-refractivity contribution in [3.63, 3.8) is 0 Å². The molecule has 29 heavy (non-hydrogen) atoms. The van der Waals surface area contributed by atoms with Crippen LogP contribution in [-0.2, 0) is 10.0 Å². The van der Waals surface area contributed by atoms with Crippen LogP contribution in [0.4, 0.5) is 11.4 Å². The second kappa shape index (κ2) is 9.86. The Bertz CT molecular complexity index is 801. The lowest BCUT2D eigenvalue weighted by atomic mass is 10.0. The summed E-state index contributed by atoms with van der Waals surface area (Å²) in [5.41, 5.74) is 0.189. The van der Waals surface area contributed by atoms with E-state index in [2.05, 4.69) is 17.1 Å². The first-order chi connectivity index (χ1) is 13.9. The second-order valence-electron chi connectivity index (χ2n) is 8.21. The number of anilines is 1. The molecule has 2 aliphatic rings. The monoisotopic (exact) mass is 424 g/mol. The first kappa shape index (κ1) is 22.0. The summed E-state index contributed by atoms with van der Waals surface area (Å²) in [6.07, 6.45) is 6.31. The van der Waals surface area contributed by atoms with E-state index in [1.54, 1.807) is 0 Å². The molecule has 1 aromatic carbocycles. The predicted octanol–water partition coefficient (Wildman–Crippen LogP) is 3.30. The fourth-order valence-corrected chi connectivity index (χ4v) is 5.55. The lowest BCUT2D eigenvalue weighted by Crippen LogP contribution is -2.37. The first-order valence-corrected chi connectivity index (χ1v) is 12.1. The number of nitro benzene ring substituents is 1. The van der Waals surface area contributed by atoms with Crippen LogP contribution in [0.25, 0.3) is 0 Å². The minimum atomic E-state index is -3.70. The molecule has 0 aromatic heterocycles. The Morgan fingerprint density at radius 1 is 1.14 bits per heavy atom. The number of likely N-dealkylation sites (tertiary alicyclic amines) is 1. The molecule has 1 aromatic rings. The third-order valence-electron chi connectivity index (χ3n) is 5.96. The summed E-state index contributed by atoms with van der Waals surface area (Å²) in [4.78, 5) is 13.5. The van der Waals surface area contributed by atoms with Crippen molar-refractivity contribution in [3.05, 3.63) is 28.3 Å². The van der Waals surface area contributed by atoms with Crippen LogP contribution in [0.5, 0.6) is 0 Å². The van der Waals surface area contributed by atoms with Crippen LogP contribution < -0.4 is 5.32 Å². The summed E-state index contributed by atoms with van der Waals surface area (Å²) in [6, 6.07) is 4.20. The Labute approximate surface area is 173 Å². The van der Waals surface area contributed by atoms with Gasteiger partial charge in [-0.05, 0) is 69.8 Å². The standard InChI is InChI=1S/C20H32N4O4S/c1-17-8-14-23(15-9-17)29(27,28)18-6-7-19(20(16-18)24(25)26)21-10-5-13-22-11-3-2-4-12-22/h6-7,16-17,21H,2-5,8-15H2,1H3. The Hall–Kier alpha value is -1.71. The minimum absolute atomic E-state index is 0.00220. The number of hydrogen-bond acceptors (Lipinski definition) is 6. The molecule has 2 heterocycles. The van der Waals surface area contributed by atoms with Gasteiger partial charge in [0, 0.05) is 25.7 Å². The van der Waals surface area contributed by atoms with E-state index in [0.29, 0.717) is 31.2 Å². The third-order valence-corrected chi connectivity index (χ3v) is 7.86. The highest BCUT2D eigenvalue weighted by molar-refractivity contribution is 7.89. The number of hydrogen-bond donors (Lipinski definition) is 1. The van der Waals surface area contributed by atoms with Gasteiger partial charge < -0.3 is 10.2 Å². The number of rotatable bonds is 8. The van der Waals surface area contributed by atoms with Crippen molar-refractivity contribution in [2.45, 2.75) is 50.3 Å². The lowest BCUT2D eigenvalue weighted by molar-refractivity contribution is -0.384. The lowest BCUT2D eigenvalue weighted by Gasteiger charge is -2.29. The zero-order valence-corrected chi connectivity index (χ0v) is 18.0. The normalized spacial score (nSPS) is 19.9. The van der Waals surface area contributed by atoms with Gasteiger partial charge in [0.05, 0.1) is 9.82 Å². The van der Waals surface area contributed by atoms with Crippen LogP contribution in [0.3, 0.4) is 0 Å². The Morgan fingerprint density at radius 3 is 2.48 bits per heavy atom. The molecule has 1 N–H and O–H groups in total. The summed E-state index contributed by atoms with van der Waals surface area (Å²) in [7, 11) is -3.70. The Balaban J connectivity index is 1.64. The summed E-state index contributed by atoms with van der Waals surface area (Å²) in [6.45, 7) is 6.89. The van der Waals surface area contributed by atoms with Crippen molar-refractivity contribution >= 4 is 21.4 Å². The van der Waals surface area contributed by atoms with Crippen molar-refractivity contribution in [3.8, 4) is 0 Å². The highest BCUT2D eigenvalue weighted by Gasteiger charge is 2.30. The van der Waals surface area contributed by atoms with E-state index < -0.39 is 14.9 Å². The molecule has 8 nitrogen and oxygen atoms in total. The molecule has 3 rings (SSSR count). The van der Waals surface area contributed by atoms with Crippen molar-refractivity contribution < 1.29 is 13.3 Å². The second-order valence-corrected chi connectivity index (χ2v) is 10.1. The summed E-state index contributed by atoms with van der Waals surface area (Å²) in [5, 5.41) is 14.7. The Kier molecular flexibility index (Phi) is 7.48. The molecular formula is C20H32N4O4S. The molecule has 0 unspecified atom stereocenters. The molecule has 0 bridgehead atoms. The van der Waals surface area contributed by atoms with E-state index in [1.165, 1.54) is 41.8 Å². The van der Waals surface area contributed by atoms with Gasteiger partial charge in [-0.1, -0.05) is 13.3 Å². The molecule has 0 saturated carbocycles. The van der Waals surface area contributed by atoms with Crippen molar-refractivity contribution in [1.29, 1.82) is 0 Å². The maximum atomic E-state index is 12.9. The molecular weight excluding hydrogens is 392 g/mol. The fraction of sp³-hybridized carbons (Fsp3) is 0.700. The van der Waals surface area contributed by atoms with Crippen LogP contribution in [0, 0.1) is 16.0 Å². The van der Waals surface area contributed by atoms with E-state index in [4.69, 9.17) is 0 Å². The van der Waals surface area contributed by atoms with Gasteiger partial charge in [0.2, 0.25) is 10.0 Å². The predicted molar refractivity (Wildman–Crippen MR) is 114 cm³/mol. The van der Waals surface area contributed by atoms with Gasteiger partial charge in [-0.2, -0.15) is 4.31 Å². The molecule has 0 radical (unpaired) electrons. The molecule has 0 aliphatic carbocycles.